The Morgan fingerprint density at radius 1 is 0.844 bits per heavy atom. The van der Waals surface area contributed by atoms with Gasteiger partial charge >= 0.3 is 5.91 Å². The van der Waals surface area contributed by atoms with E-state index in [9.17, 15) is 19.7 Å². The Labute approximate surface area is 181 Å². The van der Waals surface area contributed by atoms with Gasteiger partial charge in [0.05, 0.1) is 10.6 Å². The second kappa shape index (κ2) is 8.88. The molecule has 0 spiro atoms. The molecule has 0 aliphatic rings. The van der Waals surface area contributed by atoms with Gasteiger partial charge in [0.25, 0.3) is 11.6 Å². The fourth-order valence-electron chi connectivity index (χ4n) is 2.93. The highest BCUT2D eigenvalue weighted by atomic mass is 16.6. The SMILES string of the molecule is O=C(NNC(=O)c1nc(-c2ccccc2)n(-c2ccccc2)n1)c1cccc([N+](=O)[O-])c1. The van der Waals surface area contributed by atoms with Crippen LogP contribution in [0.3, 0.4) is 0 Å². The maximum atomic E-state index is 12.6. The van der Waals surface area contributed by atoms with Crippen LogP contribution in [0.1, 0.15) is 21.0 Å². The number of nitro groups is 1. The van der Waals surface area contributed by atoms with Crippen LogP contribution >= 0.6 is 0 Å². The van der Waals surface area contributed by atoms with Gasteiger partial charge in [-0.2, -0.15) is 0 Å². The fourth-order valence-corrected chi connectivity index (χ4v) is 2.93. The Bertz CT molecular complexity index is 1230. The molecule has 158 valence electrons. The topological polar surface area (TPSA) is 132 Å². The molecule has 10 nitrogen and oxygen atoms in total. The molecule has 0 saturated carbocycles. The van der Waals surface area contributed by atoms with E-state index in [0.717, 1.165) is 11.6 Å². The van der Waals surface area contributed by atoms with Crippen molar-refractivity contribution in [1.29, 1.82) is 0 Å². The Morgan fingerprint density at radius 3 is 2.19 bits per heavy atom. The molecular weight excluding hydrogens is 412 g/mol. The number of rotatable bonds is 5. The zero-order chi connectivity index (χ0) is 22.5. The van der Waals surface area contributed by atoms with Crippen LogP contribution in [0.4, 0.5) is 5.69 Å². The zero-order valence-corrected chi connectivity index (χ0v) is 16.5. The van der Waals surface area contributed by atoms with Crippen molar-refractivity contribution in [3.63, 3.8) is 0 Å². The Balaban J connectivity index is 1.56. The second-order valence-electron chi connectivity index (χ2n) is 6.59. The number of nitrogens with zero attached hydrogens (tertiary/aromatic N) is 4. The van der Waals surface area contributed by atoms with Gasteiger partial charge in [-0.1, -0.05) is 54.6 Å². The molecule has 0 unspecified atom stereocenters. The van der Waals surface area contributed by atoms with E-state index in [4.69, 9.17) is 0 Å². The molecular formula is C22H16N6O4. The summed E-state index contributed by atoms with van der Waals surface area (Å²) in [5.74, 6) is -1.16. The van der Waals surface area contributed by atoms with Crippen LogP contribution in [-0.4, -0.2) is 31.5 Å². The van der Waals surface area contributed by atoms with Crippen molar-refractivity contribution in [2.75, 3.05) is 0 Å². The van der Waals surface area contributed by atoms with Gasteiger partial charge in [0.2, 0.25) is 5.82 Å². The highest BCUT2D eigenvalue weighted by molar-refractivity contribution is 5.98. The molecule has 3 aromatic carbocycles. The van der Waals surface area contributed by atoms with Crippen molar-refractivity contribution < 1.29 is 14.5 Å². The van der Waals surface area contributed by atoms with Crippen LogP contribution in [0.5, 0.6) is 0 Å². The molecule has 10 heteroatoms. The Morgan fingerprint density at radius 2 is 1.50 bits per heavy atom. The van der Waals surface area contributed by atoms with E-state index in [1.54, 1.807) is 0 Å². The molecule has 0 fully saturated rings. The van der Waals surface area contributed by atoms with Crippen LogP contribution in [0, 0.1) is 10.1 Å². The average Bonchev–Trinajstić information content (AvgIpc) is 3.29. The summed E-state index contributed by atoms with van der Waals surface area (Å²) in [4.78, 5) is 39.5. The molecule has 0 bridgehead atoms. The van der Waals surface area contributed by atoms with Gasteiger partial charge in [-0.25, -0.2) is 9.67 Å². The predicted octanol–water partition coefficient (Wildman–Crippen LogP) is 2.92. The summed E-state index contributed by atoms with van der Waals surface area (Å²) < 4.78 is 1.53. The molecule has 1 aromatic heterocycles. The van der Waals surface area contributed by atoms with E-state index in [-0.39, 0.29) is 17.1 Å². The number of carbonyl (C=O) groups excluding carboxylic acids is 2. The van der Waals surface area contributed by atoms with Crippen molar-refractivity contribution in [2.45, 2.75) is 0 Å². The van der Waals surface area contributed by atoms with E-state index in [1.807, 2.05) is 60.7 Å². The third kappa shape index (κ3) is 4.33. The highest BCUT2D eigenvalue weighted by Crippen LogP contribution is 2.21. The van der Waals surface area contributed by atoms with Crippen LogP contribution in [0.2, 0.25) is 0 Å². The smallest absolute Gasteiger partial charge is 0.267 e. The standard InChI is InChI=1S/C22H16N6O4/c29-21(16-10-7-13-18(14-16)28(31)32)24-25-22(30)19-23-20(15-8-3-1-4-9-15)27(26-19)17-11-5-2-6-12-17/h1-14H,(H,24,29)(H,25,30). The van der Waals surface area contributed by atoms with Crippen molar-refractivity contribution in [1.82, 2.24) is 25.6 Å². The average molecular weight is 428 g/mol. The van der Waals surface area contributed by atoms with Gasteiger partial charge in [0, 0.05) is 23.3 Å². The number of hydrogen-bond donors (Lipinski definition) is 2. The fraction of sp³-hybridized carbons (Fsp3) is 0. The maximum absolute atomic E-state index is 12.6. The van der Waals surface area contributed by atoms with Crippen LogP contribution in [-0.2, 0) is 0 Å². The van der Waals surface area contributed by atoms with Gasteiger partial charge in [0.15, 0.2) is 5.82 Å². The molecule has 32 heavy (non-hydrogen) atoms. The number of non-ortho nitro benzene ring substituents is 1. The van der Waals surface area contributed by atoms with Crippen molar-refractivity contribution in [2.24, 2.45) is 0 Å². The largest absolute Gasteiger partial charge is 0.309 e. The maximum Gasteiger partial charge on any atom is 0.309 e. The number of nitrogens with one attached hydrogen (secondary N) is 2. The summed E-state index contributed by atoms with van der Waals surface area (Å²) in [7, 11) is 0. The van der Waals surface area contributed by atoms with Crippen molar-refractivity contribution in [3.8, 4) is 17.1 Å². The summed E-state index contributed by atoms with van der Waals surface area (Å²) in [5.41, 5.74) is 5.71. The number of hydrogen-bond acceptors (Lipinski definition) is 6. The molecule has 4 aromatic rings. The second-order valence-corrected chi connectivity index (χ2v) is 6.59. The molecule has 0 saturated heterocycles. The first kappa shape index (κ1) is 20.4. The number of para-hydroxylation sites is 1. The molecule has 2 amide bonds. The van der Waals surface area contributed by atoms with Crippen molar-refractivity contribution in [3.05, 3.63) is 106 Å². The minimum atomic E-state index is -0.740. The van der Waals surface area contributed by atoms with Crippen LogP contribution in [0.15, 0.2) is 84.9 Å². The number of benzene rings is 3. The Kier molecular flexibility index (Phi) is 5.66. The lowest BCUT2D eigenvalue weighted by atomic mass is 10.2. The third-order valence-corrected chi connectivity index (χ3v) is 4.45. The number of nitro benzene ring substituents is 1. The van der Waals surface area contributed by atoms with E-state index >= 15 is 0 Å². The number of aromatic nitrogens is 3. The van der Waals surface area contributed by atoms with Gasteiger partial charge < -0.3 is 0 Å². The van der Waals surface area contributed by atoms with Crippen molar-refractivity contribution >= 4 is 17.5 Å². The molecule has 0 aliphatic heterocycles. The summed E-state index contributed by atoms with van der Waals surface area (Å²) in [5, 5.41) is 15.2. The normalized spacial score (nSPS) is 10.4. The number of carbonyl (C=O) groups is 2. The third-order valence-electron chi connectivity index (χ3n) is 4.45. The number of amides is 2. The first-order valence-corrected chi connectivity index (χ1v) is 9.46. The Hall–Kier alpha value is -4.86. The predicted molar refractivity (Wildman–Crippen MR) is 115 cm³/mol. The summed E-state index contributed by atoms with van der Waals surface area (Å²) in [6.07, 6.45) is 0. The quantitative estimate of drug-likeness (QED) is 0.371. The van der Waals surface area contributed by atoms with E-state index in [0.29, 0.717) is 11.5 Å². The molecule has 4 rings (SSSR count). The van der Waals surface area contributed by atoms with Crippen LogP contribution < -0.4 is 10.9 Å². The molecule has 0 aliphatic carbocycles. The van der Waals surface area contributed by atoms with E-state index in [2.05, 4.69) is 20.9 Å². The van der Waals surface area contributed by atoms with Gasteiger partial charge in [-0.3, -0.25) is 30.6 Å². The summed E-state index contributed by atoms with van der Waals surface area (Å²) in [6.45, 7) is 0. The van der Waals surface area contributed by atoms with E-state index in [1.165, 1.54) is 22.9 Å². The van der Waals surface area contributed by atoms with Gasteiger partial charge in [-0.05, 0) is 18.2 Å². The lowest BCUT2D eigenvalue weighted by Gasteiger charge is -2.05. The lowest BCUT2D eigenvalue weighted by Crippen LogP contribution is -2.42. The highest BCUT2D eigenvalue weighted by Gasteiger charge is 2.20. The molecule has 2 N–H and O–H groups in total. The minimum Gasteiger partial charge on any atom is -0.267 e. The van der Waals surface area contributed by atoms with Gasteiger partial charge in [-0.15, -0.1) is 5.10 Å². The molecule has 0 atom stereocenters. The zero-order valence-electron chi connectivity index (χ0n) is 16.5. The monoisotopic (exact) mass is 428 g/mol. The van der Waals surface area contributed by atoms with Gasteiger partial charge in [0.1, 0.15) is 0 Å². The molecule has 1 heterocycles. The summed E-state index contributed by atoms with van der Waals surface area (Å²) in [6, 6.07) is 23.6. The molecule has 0 radical (unpaired) electrons. The number of hydrazine groups is 1. The minimum absolute atomic E-state index is 0.0206. The lowest BCUT2D eigenvalue weighted by molar-refractivity contribution is -0.384. The first-order chi connectivity index (χ1) is 15.5. The first-order valence-electron chi connectivity index (χ1n) is 9.46. The summed E-state index contributed by atoms with van der Waals surface area (Å²) >= 11 is 0. The van der Waals surface area contributed by atoms with E-state index < -0.39 is 16.7 Å². The van der Waals surface area contributed by atoms with Crippen LogP contribution in [0.25, 0.3) is 17.1 Å².